The van der Waals surface area contributed by atoms with Gasteiger partial charge >= 0.3 is 0 Å². The van der Waals surface area contributed by atoms with Gasteiger partial charge in [0.2, 0.25) is 0 Å². The molecule has 7 heteroatoms. The molecule has 0 bridgehead atoms. The molecule has 0 radical (unpaired) electrons. The summed E-state index contributed by atoms with van der Waals surface area (Å²) >= 11 is 0. The number of fused-ring (bicyclic) bond motifs is 1. The first-order valence-electron chi connectivity index (χ1n) is 9.31. The molecule has 3 aromatic rings. The van der Waals surface area contributed by atoms with E-state index in [9.17, 15) is 0 Å². The second-order valence-electron chi connectivity index (χ2n) is 6.84. The molecule has 1 fully saturated rings. The zero-order valence-corrected chi connectivity index (χ0v) is 15.5. The monoisotopic (exact) mass is 351 g/mol. The van der Waals surface area contributed by atoms with Crippen LogP contribution in [0, 0.1) is 6.92 Å². The van der Waals surface area contributed by atoms with Gasteiger partial charge in [0.05, 0.1) is 6.20 Å². The third kappa shape index (κ3) is 3.39. The van der Waals surface area contributed by atoms with E-state index in [1.54, 1.807) is 0 Å². The van der Waals surface area contributed by atoms with Crippen molar-refractivity contribution in [3.05, 3.63) is 47.8 Å². The van der Waals surface area contributed by atoms with Crippen LogP contribution in [-0.2, 0) is 13.0 Å². The van der Waals surface area contributed by atoms with Crippen LogP contribution in [0.5, 0.6) is 0 Å². The van der Waals surface area contributed by atoms with Crippen LogP contribution in [0.15, 0.2) is 30.9 Å². The van der Waals surface area contributed by atoms with Crippen molar-refractivity contribution >= 4 is 11.5 Å². The fourth-order valence-electron chi connectivity index (χ4n) is 3.55. The molecule has 26 heavy (non-hydrogen) atoms. The van der Waals surface area contributed by atoms with E-state index >= 15 is 0 Å². The molecule has 0 unspecified atom stereocenters. The summed E-state index contributed by atoms with van der Waals surface area (Å²) in [6.45, 7) is 9.05. The van der Waals surface area contributed by atoms with E-state index < -0.39 is 0 Å². The van der Waals surface area contributed by atoms with Crippen LogP contribution in [0.4, 0.5) is 5.82 Å². The highest BCUT2D eigenvalue weighted by Gasteiger charge is 2.21. The predicted molar refractivity (Wildman–Crippen MR) is 101 cm³/mol. The summed E-state index contributed by atoms with van der Waals surface area (Å²) in [6.07, 6.45) is 9.84. The molecule has 0 spiro atoms. The molecule has 1 aliphatic rings. The van der Waals surface area contributed by atoms with E-state index in [1.165, 1.54) is 11.1 Å². The van der Waals surface area contributed by atoms with Crippen molar-refractivity contribution in [3.63, 3.8) is 0 Å². The van der Waals surface area contributed by atoms with Gasteiger partial charge in [0.1, 0.15) is 11.6 Å². The summed E-state index contributed by atoms with van der Waals surface area (Å²) in [4.78, 5) is 18.4. The van der Waals surface area contributed by atoms with E-state index in [0.29, 0.717) is 0 Å². The lowest BCUT2D eigenvalue weighted by Gasteiger charge is -2.36. The van der Waals surface area contributed by atoms with Gasteiger partial charge in [-0.05, 0) is 19.4 Å². The number of hydrogen-bond acceptors (Lipinski definition) is 6. The van der Waals surface area contributed by atoms with E-state index in [-0.39, 0.29) is 0 Å². The Labute approximate surface area is 153 Å². The highest BCUT2D eigenvalue weighted by atomic mass is 15.3. The maximum absolute atomic E-state index is 4.73. The van der Waals surface area contributed by atoms with E-state index in [2.05, 4.69) is 31.8 Å². The van der Waals surface area contributed by atoms with Crippen LogP contribution in [0.3, 0.4) is 0 Å². The molecule has 0 aromatic carbocycles. The van der Waals surface area contributed by atoms with Gasteiger partial charge < -0.3 is 4.90 Å². The SMILES string of the molecule is CCCc1cnc(C)nc1N1CCN(Cc2cnn3cccnc23)CC1. The number of rotatable bonds is 5. The summed E-state index contributed by atoms with van der Waals surface area (Å²) in [5.74, 6) is 1.97. The third-order valence-electron chi connectivity index (χ3n) is 4.90. The summed E-state index contributed by atoms with van der Waals surface area (Å²) in [5, 5.41) is 4.39. The highest BCUT2D eigenvalue weighted by Crippen LogP contribution is 2.21. The minimum atomic E-state index is 0.847. The smallest absolute Gasteiger partial charge is 0.159 e. The maximum atomic E-state index is 4.73. The van der Waals surface area contributed by atoms with Gasteiger partial charge in [-0.25, -0.2) is 19.5 Å². The second-order valence-corrected chi connectivity index (χ2v) is 6.84. The minimum Gasteiger partial charge on any atom is -0.354 e. The number of aromatic nitrogens is 5. The standard InChI is InChI=1S/C19H25N7/c1-3-5-16-12-21-15(2)23-19(16)25-10-8-24(9-11-25)14-17-13-22-26-7-4-6-20-18(17)26/h4,6-7,12-13H,3,5,8-11,14H2,1-2H3. The number of hydrogen-bond donors (Lipinski definition) is 0. The topological polar surface area (TPSA) is 62.5 Å². The largest absolute Gasteiger partial charge is 0.354 e. The molecule has 0 aliphatic carbocycles. The Hall–Kier alpha value is -2.54. The van der Waals surface area contributed by atoms with Gasteiger partial charge in [-0.2, -0.15) is 5.10 Å². The summed E-state index contributed by atoms with van der Waals surface area (Å²) in [7, 11) is 0. The molecular weight excluding hydrogens is 326 g/mol. The molecule has 4 rings (SSSR count). The number of nitrogens with zero attached hydrogens (tertiary/aromatic N) is 7. The Morgan fingerprint density at radius 3 is 2.69 bits per heavy atom. The van der Waals surface area contributed by atoms with Crippen molar-refractivity contribution in [1.29, 1.82) is 0 Å². The quantitative estimate of drug-likeness (QED) is 0.701. The number of aryl methyl sites for hydroxylation is 2. The van der Waals surface area contributed by atoms with Crippen molar-refractivity contribution in [3.8, 4) is 0 Å². The lowest BCUT2D eigenvalue weighted by molar-refractivity contribution is 0.250. The maximum Gasteiger partial charge on any atom is 0.159 e. The lowest BCUT2D eigenvalue weighted by atomic mass is 10.1. The molecular formula is C19H25N7. The zero-order chi connectivity index (χ0) is 17.9. The zero-order valence-electron chi connectivity index (χ0n) is 15.5. The predicted octanol–water partition coefficient (Wildman–Crippen LogP) is 2.10. The summed E-state index contributed by atoms with van der Waals surface area (Å²) in [5.41, 5.74) is 3.40. The van der Waals surface area contributed by atoms with Gasteiger partial charge in [-0.15, -0.1) is 0 Å². The van der Waals surface area contributed by atoms with Crippen molar-refractivity contribution < 1.29 is 0 Å². The molecule has 0 atom stereocenters. The Balaban J connectivity index is 1.44. The summed E-state index contributed by atoms with van der Waals surface area (Å²) in [6, 6.07) is 1.90. The Morgan fingerprint density at radius 2 is 1.88 bits per heavy atom. The Morgan fingerprint density at radius 1 is 1.04 bits per heavy atom. The normalized spacial score (nSPS) is 15.7. The third-order valence-corrected chi connectivity index (χ3v) is 4.90. The molecule has 3 aromatic heterocycles. The van der Waals surface area contributed by atoms with E-state index in [4.69, 9.17) is 4.98 Å². The van der Waals surface area contributed by atoms with Crippen LogP contribution >= 0.6 is 0 Å². The van der Waals surface area contributed by atoms with Gasteiger partial charge in [0, 0.05) is 62.4 Å². The van der Waals surface area contributed by atoms with Crippen LogP contribution in [0.1, 0.15) is 30.3 Å². The average Bonchev–Trinajstić information content (AvgIpc) is 3.07. The van der Waals surface area contributed by atoms with Crippen molar-refractivity contribution in [2.45, 2.75) is 33.2 Å². The molecule has 0 saturated carbocycles. The van der Waals surface area contributed by atoms with Crippen LogP contribution < -0.4 is 4.90 Å². The van der Waals surface area contributed by atoms with Crippen LogP contribution in [0.2, 0.25) is 0 Å². The Bertz CT molecular complexity index is 880. The first-order valence-corrected chi connectivity index (χ1v) is 9.31. The molecule has 1 aliphatic heterocycles. The number of anilines is 1. The van der Waals surface area contributed by atoms with E-state index in [0.717, 1.165) is 62.9 Å². The first kappa shape index (κ1) is 16.9. The molecule has 7 nitrogen and oxygen atoms in total. The summed E-state index contributed by atoms with van der Waals surface area (Å²) < 4.78 is 1.84. The van der Waals surface area contributed by atoms with Gasteiger partial charge in [0.15, 0.2) is 5.65 Å². The van der Waals surface area contributed by atoms with Gasteiger partial charge in [-0.1, -0.05) is 13.3 Å². The van der Waals surface area contributed by atoms with E-state index in [1.807, 2.05) is 42.3 Å². The van der Waals surface area contributed by atoms with Crippen molar-refractivity contribution in [1.82, 2.24) is 29.5 Å². The fourth-order valence-corrected chi connectivity index (χ4v) is 3.55. The molecule has 0 N–H and O–H groups in total. The molecule has 1 saturated heterocycles. The van der Waals surface area contributed by atoms with Crippen molar-refractivity contribution in [2.75, 3.05) is 31.1 Å². The lowest BCUT2D eigenvalue weighted by Crippen LogP contribution is -2.46. The van der Waals surface area contributed by atoms with Crippen molar-refractivity contribution in [2.24, 2.45) is 0 Å². The molecule has 4 heterocycles. The van der Waals surface area contributed by atoms with Gasteiger partial charge in [0.25, 0.3) is 0 Å². The molecule has 0 amide bonds. The van der Waals surface area contributed by atoms with Crippen LogP contribution in [0.25, 0.3) is 5.65 Å². The fraction of sp³-hybridized carbons (Fsp3) is 0.474. The highest BCUT2D eigenvalue weighted by molar-refractivity contribution is 5.47. The second kappa shape index (κ2) is 7.37. The average molecular weight is 351 g/mol. The molecule has 136 valence electrons. The minimum absolute atomic E-state index is 0.847. The Kier molecular flexibility index (Phi) is 4.79. The number of piperazine rings is 1. The first-order chi connectivity index (χ1) is 12.7. The van der Waals surface area contributed by atoms with Gasteiger partial charge in [-0.3, -0.25) is 4.90 Å². The van der Waals surface area contributed by atoms with Crippen LogP contribution in [-0.4, -0.2) is 55.6 Å².